The fourth-order valence-electron chi connectivity index (χ4n) is 1.11. The number of carbonyl (C=O) groups is 1. The normalized spacial score (nSPS) is 12.1. The first-order chi connectivity index (χ1) is 8.43. The van der Waals surface area contributed by atoms with Crippen molar-refractivity contribution in [2.75, 3.05) is 0 Å². The average Bonchev–Trinajstić information content (AvgIpc) is 2.16. The van der Waals surface area contributed by atoms with E-state index < -0.39 is 47.6 Å². The Morgan fingerprint density at radius 2 is 1.63 bits per heavy atom. The number of ether oxygens (including phenoxy) is 1. The van der Waals surface area contributed by atoms with Gasteiger partial charge in [-0.3, -0.25) is 9.11 Å². The van der Waals surface area contributed by atoms with Gasteiger partial charge in [-0.2, -0.15) is 16.8 Å². The molecule has 0 aliphatic heterocycles. The summed E-state index contributed by atoms with van der Waals surface area (Å²) in [4.78, 5) is 8.24. The van der Waals surface area contributed by atoms with E-state index >= 15 is 0 Å². The van der Waals surface area contributed by atoms with Crippen LogP contribution in [0.4, 0.5) is 4.79 Å². The van der Waals surface area contributed by atoms with Crippen LogP contribution in [0.5, 0.6) is 11.5 Å². The summed E-state index contributed by atoms with van der Waals surface area (Å²) in [6, 6.07) is 0.685. The summed E-state index contributed by atoms with van der Waals surface area (Å²) in [6.45, 7) is 0. The smallest absolute Gasteiger partial charge is 0.410 e. The SMILES string of the molecule is NC(=O)Oc1c(O)cc(S(=O)(=O)O)cc1S(=O)(=O)O. The fraction of sp³-hybridized carbons (Fsp3) is 0. The summed E-state index contributed by atoms with van der Waals surface area (Å²) < 4.78 is 65.4. The molecule has 12 heteroatoms. The highest BCUT2D eigenvalue weighted by molar-refractivity contribution is 7.86. The number of phenols is 1. The van der Waals surface area contributed by atoms with Crippen molar-refractivity contribution in [2.24, 2.45) is 5.73 Å². The van der Waals surface area contributed by atoms with Gasteiger partial charge in [0.2, 0.25) is 0 Å². The molecule has 0 atom stereocenters. The Labute approximate surface area is 106 Å². The number of nitrogens with two attached hydrogens (primary N) is 1. The summed E-state index contributed by atoms with van der Waals surface area (Å²) in [5.41, 5.74) is 4.61. The number of amides is 1. The summed E-state index contributed by atoms with van der Waals surface area (Å²) >= 11 is 0. The molecular weight excluding hydrogens is 306 g/mol. The number of aromatic hydroxyl groups is 1. The number of phenolic OH excluding ortho intramolecular Hbond substituents is 1. The van der Waals surface area contributed by atoms with E-state index in [1.54, 1.807) is 0 Å². The van der Waals surface area contributed by atoms with Crippen LogP contribution >= 0.6 is 0 Å². The third kappa shape index (κ3) is 3.54. The van der Waals surface area contributed by atoms with Crippen LogP contribution in [-0.4, -0.2) is 37.1 Å². The van der Waals surface area contributed by atoms with Crippen molar-refractivity contribution in [3.63, 3.8) is 0 Å². The Bertz CT molecular complexity index is 734. The minimum absolute atomic E-state index is 0.280. The lowest BCUT2D eigenvalue weighted by molar-refractivity contribution is 0.207. The molecule has 1 aromatic carbocycles. The van der Waals surface area contributed by atoms with Crippen LogP contribution < -0.4 is 10.5 Å². The van der Waals surface area contributed by atoms with Gasteiger partial charge in [0.25, 0.3) is 20.2 Å². The van der Waals surface area contributed by atoms with Gasteiger partial charge in [0, 0.05) is 6.07 Å². The van der Waals surface area contributed by atoms with Crippen LogP contribution in [0.25, 0.3) is 0 Å². The lowest BCUT2D eigenvalue weighted by atomic mass is 10.3. The van der Waals surface area contributed by atoms with Crippen LogP contribution in [0.2, 0.25) is 0 Å². The first-order valence-electron chi connectivity index (χ1n) is 4.22. The molecule has 0 radical (unpaired) electrons. The first-order valence-corrected chi connectivity index (χ1v) is 7.10. The molecule has 0 spiro atoms. The van der Waals surface area contributed by atoms with E-state index in [-0.39, 0.29) is 6.07 Å². The van der Waals surface area contributed by atoms with Crippen molar-refractivity contribution in [2.45, 2.75) is 9.79 Å². The van der Waals surface area contributed by atoms with Gasteiger partial charge in [0.15, 0.2) is 11.5 Å². The zero-order chi connectivity index (χ0) is 15.0. The number of primary amides is 1. The Morgan fingerprint density at radius 3 is 2.00 bits per heavy atom. The van der Waals surface area contributed by atoms with E-state index in [1.165, 1.54) is 0 Å². The molecule has 0 saturated carbocycles. The second kappa shape index (κ2) is 4.65. The summed E-state index contributed by atoms with van der Waals surface area (Å²) in [6.07, 6.45) is -1.51. The van der Waals surface area contributed by atoms with E-state index in [1.807, 2.05) is 0 Å². The van der Waals surface area contributed by atoms with Gasteiger partial charge in [-0.15, -0.1) is 0 Å². The van der Waals surface area contributed by atoms with Crippen molar-refractivity contribution in [1.82, 2.24) is 0 Å². The summed E-state index contributed by atoms with van der Waals surface area (Å²) in [7, 11) is -9.91. The van der Waals surface area contributed by atoms with Crippen LogP contribution in [0, 0.1) is 0 Å². The number of hydrogen-bond acceptors (Lipinski definition) is 7. The maximum absolute atomic E-state index is 11.0. The molecule has 106 valence electrons. The Hall–Kier alpha value is -1.89. The van der Waals surface area contributed by atoms with Gasteiger partial charge >= 0.3 is 6.09 Å². The lowest BCUT2D eigenvalue weighted by Crippen LogP contribution is -2.18. The van der Waals surface area contributed by atoms with Gasteiger partial charge in [0.05, 0.1) is 4.90 Å². The fourth-order valence-corrected chi connectivity index (χ4v) is 2.37. The van der Waals surface area contributed by atoms with E-state index in [9.17, 15) is 26.7 Å². The summed E-state index contributed by atoms with van der Waals surface area (Å²) in [5, 5.41) is 9.36. The highest BCUT2D eigenvalue weighted by atomic mass is 32.2. The Morgan fingerprint density at radius 1 is 1.11 bits per heavy atom. The number of benzene rings is 1. The van der Waals surface area contributed by atoms with Gasteiger partial charge < -0.3 is 15.6 Å². The minimum Gasteiger partial charge on any atom is -0.504 e. The van der Waals surface area contributed by atoms with Crippen LogP contribution in [0.15, 0.2) is 21.9 Å². The van der Waals surface area contributed by atoms with Crippen LogP contribution in [0.3, 0.4) is 0 Å². The Balaban J connectivity index is 3.72. The molecule has 0 bridgehead atoms. The zero-order valence-electron chi connectivity index (χ0n) is 8.84. The molecule has 0 fully saturated rings. The van der Waals surface area contributed by atoms with Gasteiger partial charge in [-0.25, -0.2) is 4.79 Å². The molecule has 10 nitrogen and oxygen atoms in total. The third-order valence-corrected chi connectivity index (χ3v) is 3.48. The molecule has 1 aromatic rings. The van der Waals surface area contributed by atoms with Gasteiger partial charge in [0.1, 0.15) is 4.90 Å². The van der Waals surface area contributed by atoms with Crippen molar-refractivity contribution in [3.05, 3.63) is 12.1 Å². The zero-order valence-corrected chi connectivity index (χ0v) is 10.5. The molecule has 1 amide bonds. The van der Waals surface area contributed by atoms with Gasteiger partial charge in [-0.1, -0.05) is 0 Å². The molecule has 0 saturated heterocycles. The minimum atomic E-state index is -5.05. The van der Waals surface area contributed by atoms with E-state index in [0.29, 0.717) is 6.07 Å². The quantitative estimate of drug-likeness (QED) is 0.526. The lowest BCUT2D eigenvalue weighted by Gasteiger charge is -2.09. The van der Waals surface area contributed by atoms with E-state index in [4.69, 9.17) is 9.11 Å². The van der Waals surface area contributed by atoms with Crippen molar-refractivity contribution < 1.29 is 40.6 Å². The van der Waals surface area contributed by atoms with Crippen LogP contribution in [-0.2, 0) is 20.2 Å². The topological polar surface area (TPSA) is 181 Å². The monoisotopic (exact) mass is 313 g/mol. The largest absolute Gasteiger partial charge is 0.504 e. The second-order valence-corrected chi connectivity index (χ2v) is 5.95. The average molecular weight is 313 g/mol. The third-order valence-electron chi connectivity index (χ3n) is 1.79. The molecule has 5 N–H and O–H groups in total. The molecule has 0 aliphatic rings. The highest BCUT2D eigenvalue weighted by Crippen LogP contribution is 2.36. The molecule has 0 aromatic heterocycles. The maximum Gasteiger partial charge on any atom is 0.410 e. The molecule has 1 rings (SSSR count). The standard InChI is InChI=1S/C7H7NO9S2/c8-7(10)17-6-4(9)1-3(18(11,12)13)2-5(6)19(14,15)16/h1-2,9H,(H2,8,10)(H,11,12,13)(H,14,15,16). The maximum atomic E-state index is 11.0. The second-order valence-electron chi connectivity index (χ2n) is 3.14. The number of rotatable bonds is 3. The number of hydrogen-bond donors (Lipinski definition) is 4. The van der Waals surface area contributed by atoms with Crippen molar-refractivity contribution in [1.29, 1.82) is 0 Å². The first kappa shape index (κ1) is 15.2. The molecule has 0 unspecified atom stereocenters. The van der Waals surface area contributed by atoms with Crippen molar-refractivity contribution in [3.8, 4) is 11.5 Å². The van der Waals surface area contributed by atoms with E-state index in [2.05, 4.69) is 10.5 Å². The molecular formula is C7H7NO9S2. The molecule has 0 heterocycles. The highest BCUT2D eigenvalue weighted by Gasteiger charge is 2.26. The number of carbonyl (C=O) groups excluding carboxylic acids is 1. The Kier molecular flexibility index (Phi) is 3.72. The van der Waals surface area contributed by atoms with Crippen molar-refractivity contribution >= 4 is 26.3 Å². The molecule has 0 aliphatic carbocycles. The van der Waals surface area contributed by atoms with E-state index in [0.717, 1.165) is 0 Å². The predicted molar refractivity (Wildman–Crippen MR) is 57.9 cm³/mol. The van der Waals surface area contributed by atoms with Crippen LogP contribution in [0.1, 0.15) is 0 Å². The molecule has 19 heavy (non-hydrogen) atoms. The van der Waals surface area contributed by atoms with Gasteiger partial charge in [-0.05, 0) is 6.07 Å². The summed E-state index contributed by atoms with van der Waals surface area (Å²) in [5.74, 6) is -2.20. The predicted octanol–water partition coefficient (Wildman–Crippen LogP) is -0.657.